The van der Waals surface area contributed by atoms with Crippen molar-refractivity contribution in [2.45, 2.75) is 17.7 Å². The molecule has 1 aliphatic heterocycles. The first-order valence-corrected chi connectivity index (χ1v) is 6.91. The van der Waals surface area contributed by atoms with E-state index in [1.807, 2.05) is 6.07 Å². The molecule has 0 spiro atoms. The van der Waals surface area contributed by atoms with E-state index in [0.29, 0.717) is 24.3 Å². The van der Waals surface area contributed by atoms with Crippen LogP contribution in [-0.4, -0.2) is 30.4 Å². The van der Waals surface area contributed by atoms with Crippen LogP contribution in [0.1, 0.15) is 23.2 Å². The number of primary amides is 1. The number of hydrogen-bond donors (Lipinski definition) is 1. The van der Waals surface area contributed by atoms with Gasteiger partial charge in [-0.1, -0.05) is 6.07 Å². The first-order valence-electron chi connectivity index (χ1n) is 5.92. The Kier molecular flexibility index (Phi) is 4.21. The van der Waals surface area contributed by atoms with Crippen molar-refractivity contribution in [1.82, 2.24) is 0 Å². The number of hydrogen-bond acceptors (Lipinski definition) is 4. The highest BCUT2D eigenvalue weighted by molar-refractivity contribution is 8.00. The molecule has 1 aromatic rings. The molecule has 2 N–H and O–H groups in total. The van der Waals surface area contributed by atoms with E-state index in [1.54, 1.807) is 17.0 Å². The summed E-state index contributed by atoms with van der Waals surface area (Å²) in [5.74, 6) is -0.00462. The second-order valence-electron chi connectivity index (χ2n) is 4.25. The number of thioether (sulfide) groups is 1. The lowest BCUT2D eigenvalue weighted by atomic mass is 10.2. The minimum atomic E-state index is -0.374. The quantitative estimate of drug-likeness (QED) is 0.821. The molecule has 1 heterocycles. The number of nitrogens with two attached hydrogens (primary N) is 1. The molecule has 0 bridgehead atoms. The molecule has 2 rings (SSSR count). The van der Waals surface area contributed by atoms with Gasteiger partial charge < -0.3 is 10.6 Å². The van der Waals surface area contributed by atoms with Crippen molar-refractivity contribution >= 4 is 35.5 Å². The number of fused-ring (bicyclic) bond motifs is 1. The van der Waals surface area contributed by atoms with Crippen LogP contribution >= 0.6 is 11.8 Å². The SMILES string of the molecule is NC(=O)CCCN1C(=O)CSc2ccc(C=O)cc21. The van der Waals surface area contributed by atoms with Crippen LogP contribution < -0.4 is 10.6 Å². The van der Waals surface area contributed by atoms with Crippen molar-refractivity contribution in [3.05, 3.63) is 23.8 Å². The van der Waals surface area contributed by atoms with Crippen molar-refractivity contribution in [2.75, 3.05) is 17.2 Å². The van der Waals surface area contributed by atoms with Gasteiger partial charge >= 0.3 is 0 Å². The van der Waals surface area contributed by atoms with E-state index in [4.69, 9.17) is 5.73 Å². The number of aldehydes is 1. The fourth-order valence-electron chi connectivity index (χ4n) is 1.95. The Morgan fingerprint density at radius 2 is 2.26 bits per heavy atom. The molecular weight excluding hydrogens is 264 g/mol. The fourth-order valence-corrected chi connectivity index (χ4v) is 2.87. The lowest BCUT2D eigenvalue weighted by Crippen LogP contribution is -2.36. The van der Waals surface area contributed by atoms with E-state index in [-0.39, 0.29) is 18.2 Å². The van der Waals surface area contributed by atoms with Gasteiger partial charge in [0.25, 0.3) is 0 Å². The summed E-state index contributed by atoms with van der Waals surface area (Å²) in [5, 5.41) is 0. The van der Waals surface area contributed by atoms with Crippen LogP contribution in [0.5, 0.6) is 0 Å². The van der Waals surface area contributed by atoms with Gasteiger partial charge in [-0.3, -0.25) is 14.4 Å². The van der Waals surface area contributed by atoms with Crippen molar-refractivity contribution in [3.63, 3.8) is 0 Å². The minimum Gasteiger partial charge on any atom is -0.370 e. The Morgan fingerprint density at radius 3 is 2.95 bits per heavy atom. The number of rotatable bonds is 5. The van der Waals surface area contributed by atoms with E-state index in [0.717, 1.165) is 16.9 Å². The summed E-state index contributed by atoms with van der Waals surface area (Å²) in [6, 6.07) is 5.28. The van der Waals surface area contributed by atoms with Crippen LogP contribution in [0.3, 0.4) is 0 Å². The van der Waals surface area contributed by atoms with Gasteiger partial charge in [-0.2, -0.15) is 0 Å². The number of carbonyl (C=O) groups is 3. The molecule has 2 amide bonds. The average Bonchev–Trinajstić information content (AvgIpc) is 2.40. The highest BCUT2D eigenvalue weighted by Crippen LogP contribution is 2.35. The molecule has 1 aromatic carbocycles. The first-order chi connectivity index (χ1) is 9.11. The minimum absolute atomic E-state index is 0.00924. The molecule has 1 aliphatic rings. The molecule has 0 atom stereocenters. The molecule has 6 heteroatoms. The normalized spacial score (nSPS) is 14.1. The van der Waals surface area contributed by atoms with Crippen LogP contribution in [-0.2, 0) is 9.59 Å². The lowest BCUT2D eigenvalue weighted by molar-refractivity contribution is -0.119. The maximum absolute atomic E-state index is 11.9. The van der Waals surface area contributed by atoms with Crippen LogP contribution in [0.4, 0.5) is 5.69 Å². The Hall–Kier alpha value is -1.82. The molecule has 0 fully saturated rings. The van der Waals surface area contributed by atoms with E-state index in [2.05, 4.69) is 0 Å². The maximum atomic E-state index is 11.9. The second kappa shape index (κ2) is 5.88. The third-order valence-electron chi connectivity index (χ3n) is 2.87. The summed E-state index contributed by atoms with van der Waals surface area (Å²) in [6.07, 6.45) is 1.53. The summed E-state index contributed by atoms with van der Waals surface area (Å²) in [7, 11) is 0. The van der Waals surface area contributed by atoms with Crippen LogP contribution in [0.2, 0.25) is 0 Å². The summed E-state index contributed by atoms with van der Waals surface area (Å²) >= 11 is 1.46. The van der Waals surface area contributed by atoms with Gasteiger partial charge in [0.15, 0.2) is 0 Å². The molecular formula is C13H14N2O3S. The highest BCUT2D eigenvalue weighted by Gasteiger charge is 2.24. The van der Waals surface area contributed by atoms with Crippen LogP contribution in [0.15, 0.2) is 23.1 Å². The molecule has 0 unspecified atom stereocenters. The van der Waals surface area contributed by atoms with Crippen molar-refractivity contribution in [3.8, 4) is 0 Å². The van der Waals surface area contributed by atoms with Gasteiger partial charge in [0.05, 0.1) is 11.4 Å². The second-order valence-corrected chi connectivity index (χ2v) is 5.27. The Balaban J connectivity index is 2.21. The standard InChI is InChI=1S/C13H14N2O3S/c14-12(17)2-1-5-15-10-6-9(7-16)3-4-11(10)19-8-13(15)18/h3-4,6-7H,1-2,5,8H2,(H2,14,17). The molecule has 5 nitrogen and oxygen atoms in total. The summed E-state index contributed by atoms with van der Waals surface area (Å²) in [4.78, 5) is 36.1. The number of anilines is 1. The van der Waals surface area contributed by atoms with Gasteiger partial charge in [0.1, 0.15) is 6.29 Å². The molecule has 0 saturated heterocycles. The first kappa shape index (κ1) is 13.6. The van der Waals surface area contributed by atoms with Gasteiger partial charge in [-0.25, -0.2) is 0 Å². The molecule has 0 aromatic heterocycles. The lowest BCUT2D eigenvalue weighted by Gasteiger charge is -2.29. The Morgan fingerprint density at radius 1 is 1.47 bits per heavy atom. The number of amides is 2. The molecule has 0 saturated carbocycles. The molecule has 0 radical (unpaired) electrons. The van der Waals surface area contributed by atoms with Crippen molar-refractivity contribution in [1.29, 1.82) is 0 Å². The monoisotopic (exact) mass is 278 g/mol. The zero-order valence-corrected chi connectivity index (χ0v) is 11.1. The molecule has 0 aliphatic carbocycles. The highest BCUT2D eigenvalue weighted by atomic mass is 32.2. The largest absolute Gasteiger partial charge is 0.370 e. The third kappa shape index (κ3) is 3.14. The predicted octanol–water partition coefficient (Wildman–Crippen LogP) is 1.20. The van der Waals surface area contributed by atoms with E-state index < -0.39 is 0 Å². The van der Waals surface area contributed by atoms with Crippen molar-refractivity contribution in [2.24, 2.45) is 5.73 Å². The zero-order chi connectivity index (χ0) is 13.8. The smallest absolute Gasteiger partial charge is 0.237 e. The number of benzene rings is 1. The van der Waals surface area contributed by atoms with Gasteiger partial charge in [-0.15, -0.1) is 11.8 Å². The Labute approximate surface area is 115 Å². The number of nitrogens with zero attached hydrogens (tertiary/aromatic N) is 1. The number of carbonyl (C=O) groups excluding carboxylic acids is 3. The molecule has 19 heavy (non-hydrogen) atoms. The summed E-state index contributed by atoms with van der Waals surface area (Å²) in [6.45, 7) is 0.442. The van der Waals surface area contributed by atoms with E-state index in [9.17, 15) is 14.4 Å². The van der Waals surface area contributed by atoms with Gasteiger partial charge in [0.2, 0.25) is 11.8 Å². The molecule has 100 valence electrons. The third-order valence-corrected chi connectivity index (χ3v) is 3.91. The van der Waals surface area contributed by atoms with E-state index >= 15 is 0 Å². The fraction of sp³-hybridized carbons (Fsp3) is 0.308. The zero-order valence-electron chi connectivity index (χ0n) is 10.3. The van der Waals surface area contributed by atoms with Crippen LogP contribution in [0, 0.1) is 0 Å². The topological polar surface area (TPSA) is 80.5 Å². The van der Waals surface area contributed by atoms with E-state index in [1.165, 1.54) is 11.8 Å². The van der Waals surface area contributed by atoms with Gasteiger partial charge in [0, 0.05) is 23.4 Å². The van der Waals surface area contributed by atoms with Crippen LogP contribution in [0.25, 0.3) is 0 Å². The maximum Gasteiger partial charge on any atom is 0.237 e. The van der Waals surface area contributed by atoms with Gasteiger partial charge in [-0.05, 0) is 18.6 Å². The summed E-state index contributed by atoms with van der Waals surface area (Å²) in [5.41, 5.74) is 6.37. The summed E-state index contributed by atoms with van der Waals surface area (Å²) < 4.78 is 0. The predicted molar refractivity (Wildman–Crippen MR) is 73.3 cm³/mol. The van der Waals surface area contributed by atoms with Crippen molar-refractivity contribution < 1.29 is 14.4 Å². The Bertz CT molecular complexity index is 531. The average molecular weight is 278 g/mol.